The molecule has 0 aromatic heterocycles. The van der Waals surface area contributed by atoms with Gasteiger partial charge in [0.25, 0.3) is 0 Å². The molecule has 1 amide bonds. The van der Waals surface area contributed by atoms with Crippen molar-refractivity contribution in [1.82, 2.24) is 4.90 Å². The highest BCUT2D eigenvalue weighted by molar-refractivity contribution is 8.01. The highest BCUT2D eigenvalue weighted by Crippen LogP contribution is 2.36. The highest BCUT2D eigenvalue weighted by atomic mass is 32.2. The maximum atomic E-state index is 12.2. The van der Waals surface area contributed by atoms with Crippen molar-refractivity contribution in [3.63, 3.8) is 0 Å². The second-order valence-electron chi connectivity index (χ2n) is 6.21. The smallest absolute Gasteiger partial charge is 0.233 e. The van der Waals surface area contributed by atoms with Gasteiger partial charge in [-0.1, -0.05) is 20.8 Å². The Bertz CT molecular complexity index is 286. The molecule has 2 saturated heterocycles. The Morgan fingerprint density at radius 3 is 2.29 bits per heavy atom. The first-order valence-electron chi connectivity index (χ1n) is 6.50. The van der Waals surface area contributed by atoms with E-state index in [0.29, 0.717) is 17.8 Å². The van der Waals surface area contributed by atoms with Gasteiger partial charge in [0.2, 0.25) is 5.91 Å². The first-order valence-corrected chi connectivity index (χ1v) is 7.48. The van der Waals surface area contributed by atoms with Crippen LogP contribution in [0, 0.1) is 0 Å². The summed E-state index contributed by atoms with van der Waals surface area (Å²) in [6.45, 7) is 6.42. The zero-order valence-corrected chi connectivity index (χ0v) is 11.8. The summed E-state index contributed by atoms with van der Waals surface area (Å²) in [6, 6.07) is 0.605. The van der Waals surface area contributed by atoms with Crippen LogP contribution in [-0.4, -0.2) is 44.6 Å². The SMILES string of the molecule is CC(C)(C)SCC(=O)N1C2CCC1CC(O)C2. The zero-order chi connectivity index (χ0) is 12.6. The minimum atomic E-state index is -0.188. The number of thioether (sulfide) groups is 1. The van der Waals surface area contributed by atoms with Crippen molar-refractivity contribution in [2.24, 2.45) is 0 Å². The molecule has 0 radical (unpaired) electrons. The number of carbonyl (C=O) groups excluding carboxylic acids is 1. The fraction of sp³-hybridized carbons (Fsp3) is 0.923. The summed E-state index contributed by atoms with van der Waals surface area (Å²) in [5.74, 6) is 0.844. The predicted octanol–water partition coefficient (Wildman–Crippen LogP) is 2.03. The third kappa shape index (κ3) is 3.16. The molecular formula is C13H23NO2S. The monoisotopic (exact) mass is 257 g/mol. The molecule has 1 N–H and O–H groups in total. The fourth-order valence-corrected chi connectivity index (χ4v) is 3.61. The molecular weight excluding hydrogens is 234 g/mol. The van der Waals surface area contributed by atoms with Gasteiger partial charge in [-0.2, -0.15) is 0 Å². The van der Waals surface area contributed by atoms with Crippen molar-refractivity contribution in [1.29, 1.82) is 0 Å². The predicted molar refractivity (Wildman–Crippen MR) is 71.1 cm³/mol. The molecule has 0 spiro atoms. The van der Waals surface area contributed by atoms with Crippen LogP contribution in [0.5, 0.6) is 0 Å². The Morgan fingerprint density at radius 2 is 1.82 bits per heavy atom. The molecule has 0 aromatic rings. The average molecular weight is 257 g/mol. The van der Waals surface area contributed by atoms with Gasteiger partial charge in [0.05, 0.1) is 11.9 Å². The highest BCUT2D eigenvalue weighted by Gasteiger charge is 2.42. The van der Waals surface area contributed by atoms with E-state index in [1.807, 2.05) is 0 Å². The number of aliphatic hydroxyl groups is 1. The molecule has 2 bridgehead atoms. The maximum absolute atomic E-state index is 12.2. The minimum Gasteiger partial charge on any atom is -0.393 e. The van der Waals surface area contributed by atoms with E-state index < -0.39 is 0 Å². The first-order chi connectivity index (χ1) is 7.87. The van der Waals surface area contributed by atoms with Gasteiger partial charge in [0.15, 0.2) is 0 Å². The zero-order valence-electron chi connectivity index (χ0n) is 11.0. The lowest BCUT2D eigenvalue weighted by Gasteiger charge is -2.37. The average Bonchev–Trinajstić information content (AvgIpc) is 2.47. The molecule has 4 heteroatoms. The number of aliphatic hydroxyl groups excluding tert-OH is 1. The maximum Gasteiger partial charge on any atom is 0.233 e. The Morgan fingerprint density at radius 1 is 1.29 bits per heavy atom. The molecule has 2 fully saturated rings. The molecule has 2 aliphatic rings. The normalized spacial score (nSPS) is 32.9. The van der Waals surface area contributed by atoms with Gasteiger partial charge >= 0.3 is 0 Å². The summed E-state index contributed by atoms with van der Waals surface area (Å²) in [4.78, 5) is 14.3. The molecule has 2 heterocycles. The van der Waals surface area contributed by atoms with Crippen LogP contribution in [-0.2, 0) is 4.79 Å². The Labute approximate surface area is 108 Å². The fourth-order valence-electron chi connectivity index (χ4n) is 2.91. The van der Waals surface area contributed by atoms with Gasteiger partial charge in [0.1, 0.15) is 0 Å². The van der Waals surface area contributed by atoms with Crippen LogP contribution < -0.4 is 0 Å². The number of amides is 1. The number of piperidine rings is 1. The van der Waals surface area contributed by atoms with Gasteiger partial charge in [-0.3, -0.25) is 4.79 Å². The van der Waals surface area contributed by atoms with Crippen LogP contribution in [0.25, 0.3) is 0 Å². The largest absolute Gasteiger partial charge is 0.393 e. The summed E-state index contributed by atoms with van der Waals surface area (Å²) >= 11 is 1.71. The van der Waals surface area contributed by atoms with Crippen LogP contribution in [0.4, 0.5) is 0 Å². The third-order valence-corrected chi connectivity index (χ3v) is 4.88. The van der Waals surface area contributed by atoms with Crippen LogP contribution in [0.2, 0.25) is 0 Å². The van der Waals surface area contributed by atoms with Crippen molar-refractivity contribution >= 4 is 17.7 Å². The molecule has 2 unspecified atom stereocenters. The number of hydrogen-bond acceptors (Lipinski definition) is 3. The van der Waals surface area contributed by atoms with Gasteiger partial charge < -0.3 is 10.0 Å². The van der Waals surface area contributed by atoms with E-state index in [2.05, 4.69) is 25.7 Å². The molecule has 17 heavy (non-hydrogen) atoms. The second kappa shape index (κ2) is 4.81. The van der Waals surface area contributed by atoms with Crippen molar-refractivity contribution < 1.29 is 9.90 Å². The van der Waals surface area contributed by atoms with Crippen molar-refractivity contribution in [2.45, 2.75) is 69.4 Å². The number of fused-ring (bicyclic) bond motifs is 2. The van der Waals surface area contributed by atoms with E-state index in [9.17, 15) is 9.90 Å². The lowest BCUT2D eigenvalue weighted by Crippen LogP contribution is -2.48. The summed E-state index contributed by atoms with van der Waals surface area (Å²) in [6.07, 6.45) is 3.53. The van der Waals surface area contributed by atoms with Crippen molar-refractivity contribution in [2.75, 3.05) is 5.75 Å². The van der Waals surface area contributed by atoms with E-state index in [1.165, 1.54) is 0 Å². The van der Waals surface area contributed by atoms with Crippen molar-refractivity contribution in [3.8, 4) is 0 Å². The standard InChI is InChI=1S/C13H23NO2S/c1-13(2,3)17-8-12(16)14-9-4-5-10(14)7-11(15)6-9/h9-11,15H,4-8H2,1-3H3. The van der Waals surface area contributed by atoms with Gasteiger partial charge in [-0.25, -0.2) is 0 Å². The third-order valence-electron chi connectivity index (χ3n) is 3.62. The van der Waals surface area contributed by atoms with E-state index in [1.54, 1.807) is 11.8 Å². The molecule has 0 aromatic carbocycles. The van der Waals surface area contributed by atoms with E-state index in [4.69, 9.17) is 0 Å². The second-order valence-corrected chi connectivity index (χ2v) is 8.01. The molecule has 2 aliphatic heterocycles. The summed E-state index contributed by atoms with van der Waals surface area (Å²) < 4.78 is 0.143. The summed E-state index contributed by atoms with van der Waals surface area (Å²) in [5, 5.41) is 9.71. The quantitative estimate of drug-likeness (QED) is 0.823. The Balaban J connectivity index is 1.92. The molecule has 3 nitrogen and oxygen atoms in total. The Hall–Kier alpha value is -0.220. The van der Waals surface area contributed by atoms with Gasteiger partial charge in [-0.15, -0.1) is 11.8 Å². The minimum absolute atomic E-state index is 0.143. The lowest BCUT2D eigenvalue weighted by molar-refractivity contribution is -0.134. The van der Waals surface area contributed by atoms with E-state index >= 15 is 0 Å². The number of carbonyl (C=O) groups is 1. The topological polar surface area (TPSA) is 40.5 Å². The molecule has 0 saturated carbocycles. The van der Waals surface area contributed by atoms with Crippen LogP contribution in [0.15, 0.2) is 0 Å². The van der Waals surface area contributed by atoms with Crippen LogP contribution in [0.1, 0.15) is 46.5 Å². The molecule has 2 atom stereocenters. The summed E-state index contributed by atoms with van der Waals surface area (Å²) in [7, 11) is 0. The molecule has 2 rings (SSSR count). The Kier molecular flexibility index (Phi) is 3.74. The van der Waals surface area contributed by atoms with E-state index in [-0.39, 0.29) is 16.8 Å². The number of rotatable bonds is 2. The van der Waals surface area contributed by atoms with Crippen molar-refractivity contribution in [3.05, 3.63) is 0 Å². The van der Waals surface area contributed by atoms with E-state index in [0.717, 1.165) is 25.7 Å². The van der Waals surface area contributed by atoms with Gasteiger partial charge in [-0.05, 0) is 25.7 Å². The number of hydrogen-bond donors (Lipinski definition) is 1. The van der Waals surface area contributed by atoms with Gasteiger partial charge in [0, 0.05) is 16.8 Å². The number of nitrogens with zero attached hydrogens (tertiary/aromatic N) is 1. The molecule has 98 valence electrons. The van der Waals surface area contributed by atoms with Crippen LogP contribution >= 0.6 is 11.8 Å². The van der Waals surface area contributed by atoms with Crippen LogP contribution in [0.3, 0.4) is 0 Å². The molecule has 0 aliphatic carbocycles. The summed E-state index contributed by atoms with van der Waals surface area (Å²) in [5.41, 5.74) is 0. The lowest BCUT2D eigenvalue weighted by atomic mass is 10.00. The first kappa shape index (κ1) is 13.2.